The summed E-state index contributed by atoms with van der Waals surface area (Å²) in [5.74, 6) is 1.06. The van der Waals surface area contributed by atoms with Crippen LogP contribution in [0.2, 0.25) is 0 Å². The fourth-order valence-corrected chi connectivity index (χ4v) is 1.27. The first-order chi connectivity index (χ1) is 7.85. The molecule has 1 heterocycles. The summed E-state index contributed by atoms with van der Waals surface area (Å²) in [6, 6.07) is 8.15. The van der Waals surface area contributed by atoms with Gasteiger partial charge in [-0.2, -0.15) is 0 Å². The zero-order valence-electron chi connectivity index (χ0n) is 9.24. The molecule has 6 nitrogen and oxygen atoms in total. The number of phosphoric acid groups is 1. The van der Waals surface area contributed by atoms with Crippen LogP contribution in [0.1, 0.15) is 5.82 Å². The second-order valence-corrected chi connectivity index (χ2v) is 4.39. The normalized spacial score (nSPS) is 11.1. The molecule has 8 heteroatoms. The molecule has 0 aliphatic heterocycles. The van der Waals surface area contributed by atoms with Crippen molar-refractivity contribution in [3.05, 3.63) is 30.1 Å². The van der Waals surface area contributed by atoms with E-state index in [2.05, 4.69) is 20.3 Å². The van der Waals surface area contributed by atoms with E-state index in [1.807, 2.05) is 32.2 Å². The lowest BCUT2D eigenvalue weighted by Gasteiger charge is -1.93. The molecule has 1 aromatic heterocycles. The summed E-state index contributed by atoms with van der Waals surface area (Å²) in [6.45, 7) is 2.01. The van der Waals surface area contributed by atoms with Crippen LogP contribution in [0.25, 0.3) is 11.0 Å². The van der Waals surface area contributed by atoms with Crippen LogP contribution in [0.4, 0.5) is 4.53 Å². The van der Waals surface area contributed by atoms with Crippen LogP contribution in [0.3, 0.4) is 0 Å². The molecular formula is C9H12FN2O4P. The molecule has 0 radical (unpaired) electrons. The van der Waals surface area contributed by atoms with Crippen molar-refractivity contribution in [1.82, 2.24) is 9.55 Å². The Morgan fingerprint density at radius 3 is 2.41 bits per heavy atom. The van der Waals surface area contributed by atoms with E-state index in [0.717, 1.165) is 11.3 Å². The number of para-hydroxylation sites is 2. The van der Waals surface area contributed by atoms with Gasteiger partial charge in [-0.3, -0.25) is 0 Å². The molecule has 1 aromatic carbocycles. The maximum absolute atomic E-state index is 10.2. The minimum atomic E-state index is -4.81. The largest absolute Gasteiger partial charge is 0.500 e. The second kappa shape index (κ2) is 5.37. The predicted molar refractivity (Wildman–Crippen MR) is 59.7 cm³/mol. The number of nitrogens with zero attached hydrogens (tertiary/aromatic N) is 2. The fraction of sp³-hybridized carbons (Fsp3) is 0.222. The lowest BCUT2D eigenvalue weighted by atomic mass is 10.3. The Kier molecular flexibility index (Phi) is 4.36. The summed E-state index contributed by atoms with van der Waals surface area (Å²) in [4.78, 5) is 19.1. The molecule has 2 N–H and O–H groups in total. The molecule has 2 rings (SSSR count). The van der Waals surface area contributed by atoms with Crippen LogP contribution in [-0.4, -0.2) is 19.3 Å². The Bertz CT molecular complexity index is 551. The van der Waals surface area contributed by atoms with Gasteiger partial charge in [-0.15, -0.1) is 0 Å². The Morgan fingerprint density at radius 2 is 1.94 bits per heavy atom. The highest BCUT2D eigenvalue weighted by molar-refractivity contribution is 7.46. The molecule has 0 aliphatic rings. The molecule has 0 aliphatic carbocycles. The van der Waals surface area contributed by atoms with Gasteiger partial charge in [0.05, 0.1) is 11.0 Å². The number of aryl methyl sites for hydroxylation is 2. The Balaban J connectivity index is 0.000000209. The summed E-state index contributed by atoms with van der Waals surface area (Å²) in [5, 5.41) is 0. The number of imidazole rings is 1. The average Bonchev–Trinajstić information content (AvgIpc) is 2.56. The van der Waals surface area contributed by atoms with E-state index in [1.54, 1.807) is 0 Å². The highest BCUT2D eigenvalue weighted by Crippen LogP contribution is 2.35. The van der Waals surface area contributed by atoms with Gasteiger partial charge in [-0.1, -0.05) is 16.9 Å². The van der Waals surface area contributed by atoms with E-state index in [0.29, 0.717) is 0 Å². The molecule has 0 unspecified atom stereocenters. The third-order valence-corrected chi connectivity index (χ3v) is 2.28. The van der Waals surface area contributed by atoms with Gasteiger partial charge in [0.1, 0.15) is 5.82 Å². The standard InChI is InChI=1S/C9H10N2.FH2O4P/c1-7-10-8-5-3-4-6-9(8)11(7)2;1-5-6(2,3)4/h3-6H,1-2H3;(H2,2,3,4). The van der Waals surface area contributed by atoms with Crippen molar-refractivity contribution in [3.8, 4) is 0 Å². The van der Waals surface area contributed by atoms with Crippen molar-refractivity contribution in [3.63, 3.8) is 0 Å². The quantitative estimate of drug-likeness (QED) is 0.766. The maximum Gasteiger partial charge on any atom is 0.500 e. The molecule has 94 valence electrons. The van der Waals surface area contributed by atoms with Crippen molar-refractivity contribution >= 4 is 18.9 Å². The average molecular weight is 262 g/mol. The Labute approximate surface area is 96.8 Å². The highest BCUT2D eigenvalue weighted by Gasteiger charge is 2.12. The van der Waals surface area contributed by atoms with Crippen molar-refractivity contribution in [2.45, 2.75) is 6.92 Å². The topological polar surface area (TPSA) is 84.6 Å². The molecular weight excluding hydrogens is 250 g/mol. The van der Waals surface area contributed by atoms with Gasteiger partial charge < -0.3 is 14.4 Å². The van der Waals surface area contributed by atoms with Gasteiger partial charge >= 0.3 is 7.82 Å². The summed E-state index contributed by atoms with van der Waals surface area (Å²) in [7, 11) is -2.78. The van der Waals surface area contributed by atoms with Gasteiger partial charge in [0, 0.05) is 7.05 Å². The number of hydrogen-bond acceptors (Lipinski definition) is 3. The van der Waals surface area contributed by atoms with Crippen molar-refractivity contribution in [1.29, 1.82) is 0 Å². The minimum Gasteiger partial charge on any atom is -0.331 e. The van der Waals surface area contributed by atoms with E-state index in [9.17, 15) is 4.53 Å². The molecule has 17 heavy (non-hydrogen) atoms. The third kappa shape index (κ3) is 3.90. The van der Waals surface area contributed by atoms with E-state index in [-0.39, 0.29) is 0 Å². The molecule has 0 saturated carbocycles. The van der Waals surface area contributed by atoms with Gasteiger partial charge in [0.2, 0.25) is 0 Å². The first-order valence-corrected chi connectivity index (χ1v) is 6.12. The fourth-order valence-electron chi connectivity index (χ4n) is 1.27. The van der Waals surface area contributed by atoms with Crippen molar-refractivity contribution < 1.29 is 23.6 Å². The predicted octanol–water partition coefficient (Wildman–Crippen LogP) is 1.86. The van der Waals surface area contributed by atoms with Crippen LogP contribution in [0, 0.1) is 6.92 Å². The number of fused-ring (bicyclic) bond motifs is 1. The number of rotatable bonds is 1. The lowest BCUT2D eigenvalue weighted by Crippen LogP contribution is -1.89. The number of aromatic nitrogens is 2. The smallest absolute Gasteiger partial charge is 0.331 e. The molecule has 0 bridgehead atoms. The zero-order chi connectivity index (χ0) is 13.1. The second-order valence-electron chi connectivity index (χ2n) is 3.27. The van der Waals surface area contributed by atoms with Crippen LogP contribution in [0.15, 0.2) is 24.3 Å². The molecule has 0 fully saturated rings. The van der Waals surface area contributed by atoms with Gasteiger partial charge in [-0.25, -0.2) is 9.55 Å². The third-order valence-electron chi connectivity index (χ3n) is 2.10. The first kappa shape index (κ1) is 13.8. The van der Waals surface area contributed by atoms with Crippen LogP contribution < -0.4 is 0 Å². The van der Waals surface area contributed by atoms with Crippen LogP contribution in [-0.2, 0) is 16.3 Å². The molecule has 0 amide bonds. The summed E-state index contributed by atoms with van der Waals surface area (Å²) < 4.78 is 23.5. The van der Waals surface area contributed by atoms with Gasteiger partial charge in [-0.05, 0) is 23.6 Å². The van der Waals surface area contributed by atoms with E-state index >= 15 is 0 Å². The molecule has 2 aromatic rings. The summed E-state index contributed by atoms with van der Waals surface area (Å²) in [5.41, 5.74) is 2.28. The lowest BCUT2D eigenvalue weighted by molar-refractivity contribution is -0.0389. The Hall–Kier alpha value is -1.27. The molecule has 0 atom stereocenters. The number of benzene rings is 1. The maximum atomic E-state index is 10.2. The monoisotopic (exact) mass is 262 g/mol. The minimum absolute atomic E-state index is 1.06. The number of hydrogen-bond donors (Lipinski definition) is 2. The highest BCUT2D eigenvalue weighted by atomic mass is 31.2. The van der Waals surface area contributed by atoms with E-state index in [4.69, 9.17) is 14.4 Å². The van der Waals surface area contributed by atoms with Crippen molar-refractivity contribution in [2.24, 2.45) is 7.05 Å². The molecule has 0 spiro atoms. The molecule has 0 saturated heterocycles. The van der Waals surface area contributed by atoms with Gasteiger partial charge in [0.25, 0.3) is 0 Å². The van der Waals surface area contributed by atoms with E-state index < -0.39 is 7.82 Å². The van der Waals surface area contributed by atoms with Gasteiger partial charge in [0.15, 0.2) is 0 Å². The number of halogens is 1. The first-order valence-electron chi connectivity index (χ1n) is 4.59. The Morgan fingerprint density at radius 1 is 1.41 bits per heavy atom. The van der Waals surface area contributed by atoms with Crippen molar-refractivity contribution in [2.75, 3.05) is 0 Å². The summed E-state index contributed by atoms with van der Waals surface area (Å²) >= 11 is 0. The van der Waals surface area contributed by atoms with Crippen LogP contribution in [0.5, 0.6) is 0 Å². The zero-order valence-corrected chi connectivity index (χ0v) is 10.1. The summed E-state index contributed by atoms with van der Waals surface area (Å²) in [6.07, 6.45) is 0. The SMILES string of the molecule is Cc1nc2ccccc2n1C.O=P(O)(O)OF. The van der Waals surface area contributed by atoms with Crippen LogP contribution >= 0.6 is 7.82 Å². The van der Waals surface area contributed by atoms with E-state index in [1.165, 1.54) is 5.52 Å².